The number of methoxy groups -OCH3 is 2. The molecule has 2 fully saturated rings. The van der Waals surface area contributed by atoms with Crippen molar-refractivity contribution < 1.29 is 19.1 Å². The van der Waals surface area contributed by atoms with Crippen LogP contribution in [0, 0.1) is 0 Å². The number of piperidine rings is 1. The Kier molecular flexibility index (Phi) is 4.27. The van der Waals surface area contributed by atoms with Crippen LogP contribution >= 0.6 is 11.8 Å². The van der Waals surface area contributed by atoms with Crippen molar-refractivity contribution >= 4 is 23.6 Å². The van der Waals surface area contributed by atoms with E-state index < -0.39 is 0 Å². The molecule has 25 heavy (non-hydrogen) atoms. The molecule has 4 rings (SSSR count). The number of benzene rings is 1. The first-order valence-corrected chi connectivity index (χ1v) is 9.70. The molecule has 0 spiro atoms. The van der Waals surface area contributed by atoms with Crippen LogP contribution in [-0.2, 0) is 4.79 Å². The average Bonchev–Trinajstić information content (AvgIpc) is 3.21. The fraction of sp³-hybridized carbons (Fsp3) is 0.556. The first-order chi connectivity index (χ1) is 12.2. The number of ether oxygens (including phenoxy) is 2. The Morgan fingerprint density at radius 2 is 1.92 bits per heavy atom. The van der Waals surface area contributed by atoms with Gasteiger partial charge in [0.15, 0.2) is 11.5 Å². The Morgan fingerprint density at radius 3 is 2.60 bits per heavy atom. The summed E-state index contributed by atoms with van der Waals surface area (Å²) in [6, 6.07) is 3.36. The summed E-state index contributed by atoms with van der Waals surface area (Å²) < 4.78 is 10.8. The van der Waals surface area contributed by atoms with Crippen LogP contribution < -0.4 is 9.47 Å². The molecule has 1 aromatic rings. The molecule has 2 amide bonds. The van der Waals surface area contributed by atoms with Gasteiger partial charge in [0.1, 0.15) is 11.4 Å². The van der Waals surface area contributed by atoms with E-state index in [0.29, 0.717) is 22.8 Å². The lowest BCUT2D eigenvalue weighted by Gasteiger charge is -2.32. The number of fused-ring (bicyclic) bond motifs is 3. The molecule has 6 nitrogen and oxygen atoms in total. The molecule has 0 aliphatic carbocycles. The number of hydrogen-bond acceptors (Lipinski definition) is 5. The van der Waals surface area contributed by atoms with Crippen molar-refractivity contribution in [2.75, 3.05) is 33.1 Å². The van der Waals surface area contributed by atoms with Gasteiger partial charge in [-0.1, -0.05) is 6.07 Å². The lowest BCUT2D eigenvalue weighted by atomic mass is 10.1. The van der Waals surface area contributed by atoms with Crippen molar-refractivity contribution in [1.82, 2.24) is 9.80 Å². The van der Waals surface area contributed by atoms with Gasteiger partial charge in [-0.05, 0) is 25.3 Å². The van der Waals surface area contributed by atoms with Crippen LogP contribution in [0.4, 0.5) is 0 Å². The van der Waals surface area contributed by atoms with Crippen LogP contribution in [0.3, 0.4) is 0 Å². The molecule has 0 radical (unpaired) electrons. The Hall–Kier alpha value is -1.89. The molecule has 0 bridgehead atoms. The van der Waals surface area contributed by atoms with E-state index in [1.165, 1.54) is 6.42 Å². The highest BCUT2D eigenvalue weighted by Crippen LogP contribution is 2.52. The first kappa shape index (κ1) is 16.6. The van der Waals surface area contributed by atoms with E-state index >= 15 is 0 Å². The molecule has 2 atom stereocenters. The molecule has 3 aliphatic heterocycles. The second kappa shape index (κ2) is 6.44. The SMILES string of the molecule is COc1ccc2c(c1OC)C(=O)N1C2SC[C@H]1C(=O)N1CCCCC1. The van der Waals surface area contributed by atoms with Crippen molar-refractivity contribution in [3.63, 3.8) is 0 Å². The molecule has 1 aromatic carbocycles. The van der Waals surface area contributed by atoms with Crippen LogP contribution in [0.25, 0.3) is 0 Å². The highest BCUT2D eigenvalue weighted by Gasteiger charge is 2.51. The van der Waals surface area contributed by atoms with Crippen LogP contribution in [-0.4, -0.2) is 60.7 Å². The average molecular weight is 362 g/mol. The monoisotopic (exact) mass is 362 g/mol. The highest BCUT2D eigenvalue weighted by molar-refractivity contribution is 7.99. The Bertz CT molecular complexity index is 717. The van der Waals surface area contributed by atoms with Crippen LogP contribution in [0.5, 0.6) is 11.5 Å². The van der Waals surface area contributed by atoms with Gasteiger partial charge in [-0.15, -0.1) is 11.8 Å². The van der Waals surface area contributed by atoms with Gasteiger partial charge in [0.2, 0.25) is 5.91 Å². The van der Waals surface area contributed by atoms with Gasteiger partial charge in [0, 0.05) is 24.4 Å². The minimum Gasteiger partial charge on any atom is -0.493 e. The molecule has 3 aliphatic rings. The third-order valence-corrected chi connectivity index (χ3v) is 6.55. The van der Waals surface area contributed by atoms with E-state index in [2.05, 4.69) is 0 Å². The molecule has 3 heterocycles. The number of carbonyl (C=O) groups is 2. The Balaban J connectivity index is 1.66. The van der Waals surface area contributed by atoms with E-state index in [1.54, 1.807) is 30.9 Å². The fourth-order valence-electron chi connectivity index (χ4n) is 4.01. The maximum Gasteiger partial charge on any atom is 0.260 e. The van der Waals surface area contributed by atoms with Gasteiger partial charge in [-0.2, -0.15) is 0 Å². The number of thioether (sulfide) groups is 1. The number of hydrogen-bond donors (Lipinski definition) is 0. The summed E-state index contributed by atoms with van der Waals surface area (Å²) in [5.74, 6) is 1.61. The van der Waals surface area contributed by atoms with E-state index in [4.69, 9.17) is 9.47 Å². The topological polar surface area (TPSA) is 59.1 Å². The molecule has 0 saturated carbocycles. The largest absolute Gasteiger partial charge is 0.493 e. The number of nitrogens with zero attached hydrogens (tertiary/aromatic N) is 2. The van der Waals surface area contributed by atoms with Crippen molar-refractivity contribution in [3.8, 4) is 11.5 Å². The third kappa shape index (κ3) is 2.47. The van der Waals surface area contributed by atoms with Gasteiger partial charge >= 0.3 is 0 Å². The first-order valence-electron chi connectivity index (χ1n) is 8.65. The van der Waals surface area contributed by atoms with Crippen molar-refractivity contribution in [1.29, 1.82) is 0 Å². The number of amides is 2. The summed E-state index contributed by atoms with van der Waals surface area (Å²) >= 11 is 1.65. The molecule has 1 unspecified atom stereocenters. The second-order valence-corrected chi connectivity index (χ2v) is 7.68. The summed E-state index contributed by atoms with van der Waals surface area (Å²) in [5, 5.41) is -0.110. The standard InChI is InChI=1S/C18H22N2O4S/c1-23-13-7-6-11-14(15(13)24-2)17(22)20-12(10-25-18(11)20)16(21)19-8-4-3-5-9-19/h6-7,12,18H,3-5,8-10H2,1-2H3/t12-,18?/m0/s1. The van der Waals surface area contributed by atoms with Gasteiger partial charge in [0.05, 0.1) is 19.8 Å². The van der Waals surface area contributed by atoms with Crippen molar-refractivity contribution in [2.45, 2.75) is 30.7 Å². The molecule has 134 valence electrons. The number of rotatable bonds is 3. The zero-order valence-electron chi connectivity index (χ0n) is 14.5. The van der Waals surface area contributed by atoms with E-state index in [-0.39, 0.29) is 23.2 Å². The molecule has 7 heteroatoms. The minimum absolute atomic E-state index is 0.0850. The second-order valence-electron chi connectivity index (χ2n) is 6.57. The predicted molar refractivity (Wildman–Crippen MR) is 95.1 cm³/mol. The maximum absolute atomic E-state index is 13.1. The molecular formula is C18H22N2O4S. The van der Waals surface area contributed by atoms with Gasteiger partial charge in [-0.3, -0.25) is 9.59 Å². The summed E-state index contributed by atoms with van der Waals surface area (Å²) in [5.41, 5.74) is 1.46. The van der Waals surface area contributed by atoms with Crippen LogP contribution in [0.1, 0.15) is 40.6 Å². The fourth-order valence-corrected chi connectivity index (χ4v) is 5.45. The molecule has 0 N–H and O–H groups in total. The highest BCUT2D eigenvalue weighted by atomic mass is 32.2. The zero-order valence-corrected chi connectivity index (χ0v) is 15.3. The summed E-state index contributed by atoms with van der Waals surface area (Å²) in [7, 11) is 3.10. The summed E-state index contributed by atoms with van der Waals surface area (Å²) in [6.45, 7) is 1.60. The zero-order chi connectivity index (χ0) is 17.6. The maximum atomic E-state index is 13.1. The molecule has 0 aromatic heterocycles. The van der Waals surface area contributed by atoms with Crippen molar-refractivity contribution in [2.24, 2.45) is 0 Å². The van der Waals surface area contributed by atoms with E-state index in [0.717, 1.165) is 31.5 Å². The van der Waals surface area contributed by atoms with E-state index in [1.807, 2.05) is 17.0 Å². The lowest BCUT2D eigenvalue weighted by Crippen LogP contribution is -2.49. The lowest BCUT2D eigenvalue weighted by molar-refractivity contribution is -0.136. The minimum atomic E-state index is -0.385. The summed E-state index contributed by atoms with van der Waals surface area (Å²) in [6.07, 6.45) is 3.28. The van der Waals surface area contributed by atoms with Crippen LogP contribution in [0.15, 0.2) is 12.1 Å². The van der Waals surface area contributed by atoms with Gasteiger partial charge in [0.25, 0.3) is 5.91 Å². The quantitative estimate of drug-likeness (QED) is 0.826. The molecular weight excluding hydrogens is 340 g/mol. The smallest absolute Gasteiger partial charge is 0.260 e. The summed E-state index contributed by atoms with van der Waals surface area (Å²) in [4.78, 5) is 29.8. The Morgan fingerprint density at radius 1 is 1.16 bits per heavy atom. The van der Waals surface area contributed by atoms with Crippen molar-refractivity contribution in [3.05, 3.63) is 23.3 Å². The predicted octanol–water partition coefficient (Wildman–Crippen LogP) is 2.29. The third-order valence-electron chi connectivity index (χ3n) is 5.25. The Labute approximate surface area is 151 Å². The number of carbonyl (C=O) groups excluding carboxylic acids is 2. The molecule has 2 saturated heterocycles. The van der Waals surface area contributed by atoms with E-state index in [9.17, 15) is 9.59 Å². The van der Waals surface area contributed by atoms with Crippen LogP contribution in [0.2, 0.25) is 0 Å². The normalized spacial score (nSPS) is 25.0. The van der Waals surface area contributed by atoms with Gasteiger partial charge < -0.3 is 19.3 Å². The van der Waals surface area contributed by atoms with Gasteiger partial charge in [-0.25, -0.2) is 0 Å². The number of likely N-dealkylation sites (tertiary alicyclic amines) is 1.